The maximum absolute atomic E-state index is 10.00. The van der Waals surface area contributed by atoms with Crippen molar-refractivity contribution in [3.05, 3.63) is 23.8 Å². The lowest BCUT2D eigenvalue weighted by molar-refractivity contribution is -0.00908. The van der Waals surface area contributed by atoms with Gasteiger partial charge in [-0.05, 0) is 32.4 Å². The van der Waals surface area contributed by atoms with Gasteiger partial charge in [-0.15, -0.1) is 0 Å². The number of para-hydroxylation sites is 1. The molecule has 1 aromatic rings. The molecule has 0 unspecified atom stereocenters. The summed E-state index contributed by atoms with van der Waals surface area (Å²) < 4.78 is 6.10. The fraction of sp³-hybridized carbons (Fsp3) is 0.600. The van der Waals surface area contributed by atoms with E-state index < -0.39 is 0 Å². The molecule has 1 aliphatic carbocycles. The number of phenols is 1. The van der Waals surface area contributed by atoms with Gasteiger partial charge in [0.1, 0.15) is 6.10 Å². The van der Waals surface area contributed by atoms with Crippen LogP contribution in [0.5, 0.6) is 11.5 Å². The lowest BCUT2D eigenvalue weighted by Crippen LogP contribution is -2.58. The number of nitrogens with zero attached hydrogens (tertiary/aromatic N) is 1. The molecular weight excluding hydrogens is 226 g/mol. The first-order valence-corrected chi connectivity index (χ1v) is 6.90. The maximum atomic E-state index is 10.00. The van der Waals surface area contributed by atoms with Gasteiger partial charge in [-0.2, -0.15) is 0 Å². The van der Waals surface area contributed by atoms with Gasteiger partial charge < -0.3 is 9.84 Å². The largest absolute Gasteiger partial charge is 0.504 e. The van der Waals surface area contributed by atoms with Gasteiger partial charge in [-0.25, -0.2) is 0 Å². The van der Waals surface area contributed by atoms with Crippen molar-refractivity contribution >= 4 is 0 Å². The van der Waals surface area contributed by atoms with E-state index in [1.165, 1.54) is 31.2 Å². The van der Waals surface area contributed by atoms with Crippen LogP contribution in [0.1, 0.15) is 31.2 Å². The Morgan fingerprint density at radius 3 is 3.22 bits per heavy atom. The fourth-order valence-electron chi connectivity index (χ4n) is 4.28. The van der Waals surface area contributed by atoms with Gasteiger partial charge in [0.05, 0.1) is 0 Å². The van der Waals surface area contributed by atoms with E-state index >= 15 is 0 Å². The highest BCUT2D eigenvalue weighted by Gasteiger charge is 2.55. The van der Waals surface area contributed by atoms with Crippen molar-refractivity contribution in [3.63, 3.8) is 0 Å². The minimum atomic E-state index is 0.170. The third kappa shape index (κ3) is 1.18. The zero-order chi connectivity index (χ0) is 12.3. The summed E-state index contributed by atoms with van der Waals surface area (Å²) >= 11 is 0. The third-order valence-electron chi connectivity index (χ3n) is 5.24. The monoisotopic (exact) mass is 245 g/mol. The quantitative estimate of drug-likeness (QED) is 0.761. The molecule has 1 aromatic carbocycles. The van der Waals surface area contributed by atoms with Gasteiger partial charge in [0.2, 0.25) is 0 Å². The molecule has 2 fully saturated rings. The van der Waals surface area contributed by atoms with E-state index in [0.717, 1.165) is 12.3 Å². The summed E-state index contributed by atoms with van der Waals surface area (Å²) in [6.45, 7) is 0.985. The summed E-state index contributed by atoms with van der Waals surface area (Å²) in [5.41, 5.74) is 1.43. The van der Waals surface area contributed by atoms with Crippen molar-refractivity contribution in [2.75, 3.05) is 13.6 Å². The summed E-state index contributed by atoms with van der Waals surface area (Å²) in [5, 5.41) is 10.00. The molecule has 0 aromatic heterocycles. The fourth-order valence-corrected chi connectivity index (χ4v) is 4.28. The second-order valence-corrected chi connectivity index (χ2v) is 6.11. The Labute approximate surface area is 107 Å². The van der Waals surface area contributed by atoms with Gasteiger partial charge in [-0.3, -0.25) is 4.90 Å². The van der Waals surface area contributed by atoms with Gasteiger partial charge in [0.25, 0.3) is 0 Å². The van der Waals surface area contributed by atoms with E-state index in [0.29, 0.717) is 11.8 Å². The van der Waals surface area contributed by atoms with Crippen molar-refractivity contribution in [3.8, 4) is 11.5 Å². The number of aromatic hydroxyl groups is 1. The Bertz CT molecular complexity index is 501. The van der Waals surface area contributed by atoms with Crippen molar-refractivity contribution in [2.24, 2.45) is 0 Å². The van der Waals surface area contributed by atoms with Crippen molar-refractivity contribution in [2.45, 2.75) is 43.2 Å². The van der Waals surface area contributed by atoms with Crippen LogP contribution in [-0.4, -0.2) is 35.7 Å². The normalized spacial score (nSPS) is 37.8. The number of piperidine rings is 1. The topological polar surface area (TPSA) is 32.7 Å². The second kappa shape index (κ2) is 3.41. The Morgan fingerprint density at radius 1 is 1.44 bits per heavy atom. The molecule has 96 valence electrons. The van der Waals surface area contributed by atoms with Crippen LogP contribution in [-0.2, 0) is 5.41 Å². The van der Waals surface area contributed by atoms with Crippen LogP contribution in [0.4, 0.5) is 0 Å². The first kappa shape index (κ1) is 10.7. The Kier molecular flexibility index (Phi) is 2.03. The zero-order valence-electron chi connectivity index (χ0n) is 10.7. The van der Waals surface area contributed by atoms with Crippen LogP contribution in [0.3, 0.4) is 0 Å². The van der Waals surface area contributed by atoms with Crippen molar-refractivity contribution < 1.29 is 9.84 Å². The summed E-state index contributed by atoms with van der Waals surface area (Å²) in [6, 6.07) is 6.53. The summed E-state index contributed by atoms with van der Waals surface area (Å²) in [6.07, 6.45) is 5.19. The number of likely N-dealkylation sites (tertiary alicyclic amines) is 1. The van der Waals surface area contributed by atoms with E-state index in [2.05, 4.69) is 18.0 Å². The summed E-state index contributed by atoms with van der Waals surface area (Å²) in [5.74, 6) is 1.06. The second-order valence-electron chi connectivity index (χ2n) is 6.11. The number of fused-ring (bicyclic) bond motifs is 2. The molecule has 3 aliphatic rings. The molecular formula is C15H19NO2. The molecule has 1 saturated heterocycles. The number of hydrogen-bond donors (Lipinski definition) is 1. The maximum Gasteiger partial charge on any atom is 0.165 e. The Hall–Kier alpha value is -1.22. The van der Waals surface area contributed by atoms with Crippen LogP contribution < -0.4 is 4.74 Å². The predicted molar refractivity (Wildman–Crippen MR) is 69.1 cm³/mol. The number of benzene rings is 1. The number of hydrogen-bond acceptors (Lipinski definition) is 3. The molecule has 1 N–H and O–H groups in total. The van der Waals surface area contributed by atoms with Gasteiger partial charge >= 0.3 is 0 Å². The van der Waals surface area contributed by atoms with Gasteiger partial charge in [-0.1, -0.05) is 18.6 Å². The average Bonchev–Trinajstić information content (AvgIpc) is 2.66. The molecule has 0 radical (unpaired) electrons. The van der Waals surface area contributed by atoms with Crippen LogP contribution in [0, 0.1) is 0 Å². The van der Waals surface area contributed by atoms with E-state index in [4.69, 9.17) is 4.74 Å². The molecule has 3 atom stereocenters. The van der Waals surface area contributed by atoms with Crippen LogP contribution in [0.15, 0.2) is 18.2 Å². The summed E-state index contributed by atoms with van der Waals surface area (Å²) in [4.78, 5) is 2.44. The lowest BCUT2D eigenvalue weighted by Gasteiger charge is -2.50. The van der Waals surface area contributed by atoms with Gasteiger partial charge in [0.15, 0.2) is 11.5 Å². The highest BCUT2D eigenvalue weighted by molar-refractivity contribution is 5.54. The molecule has 3 nitrogen and oxygen atoms in total. The van der Waals surface area contributed by atoms with Crippen LogP contribution >= 0.6 is 0 Å². The first-order valence-electron chi connectivity index (χ1n) is 6.90. The molecule has 3 heteroatoms. The number of rotatable bonds is 0. The van der Waals surface area contributed by atoms with Crippen molar-refractivity contribution in [1.82, 2.24) is 4.90 Å². The van der Waals surface area contributed by atoms with Crippen LogP contribution in [0.2, 0.25) is 0 Å². The SMILES string of the molecule is CN1C[C@@H]2Oc3c(O)cccc3[C@]23CCC[C@H]1C3. The number of likely N-dealkylation sites (N-methyl/N-ethyl adjacent to an activating group) is 1. The Balaban J connectivity index is 1.86. The number of phenolic OH excluding ortho intramolecular Hbond substituents is 1. The molecule has 1 saturated carbocycles. The molecule has 2 heterocycles. The van der Waals surface area contributed by atoms with E-state index in [-0.39, 0.29) is 11.5 Å². The minimum absolute atomic E-state index is 0.170. The van der Waals surface area contributed by atoms with Crippen LogP contribution in [0.25, 0.3) is 0 Å². The molecule has 1 spiro atoms. The molecule has 4 rings (SSSR count). The van der Waals surface area contributed by atoms with Crippen molar-refractivity contribution in [1.29, 1.82) is 0 Å². The highest BCUT2D eigenvalue weighted by Crippen LogP contribution is 2.56. The standard InChI is InChI=1S/C15H19NO2/c1-16-9-13-15(7-3-4-10(16)8-15)11-5-2-6-12(17)14(11)18-13/h2,5-6,10,13,17H,3-4,7-9H2,1H3/t10-,13-,15+/m0/s1. The molecule has 2 aliphatic heterocycles. The molecule has 0 amide bonds. The van der Waals surface area contributed by atoms with E-state index in [9.17, 15) is 5.11 Å². The minimum Gasteiger partial charge on any atom is -0.504 e. The summed E-state index contributed by atoms with van der Waals surface area (Å²) in [7, 11) is 2.20. The Morgan fingerprint density at radius 2 is 2.33 bits per heavy atom. The number of ether oxygens (including phenoxy) is 1. The van der Waals surface area contributed by atoms with E-state index in [1.807, 2.05) is 6.07 Å². The molecule has 18 heavy (non-hydrogen) atoms. The van der Waals surface area contributed by atoms with E-state index in [1.54, 1.807) is 6.07 Å². The molecule has 2 bridgehead atoms. The lowest BCUT2D eigenvalue weighted by atomic mass is 9.63. The third-order valence-corrected chi connectivity index (χ3v) is 5.24. The first-order chi connectivity index (χ1) is 8.71. The predicted octanol–water partition coefficient (Wildman–Crippen LogP) is 2.28. The average molecular weight is 245 g/mol. The van der Waals surface area contributed by atoms with Gasteiger partial charge in [0, 0.05) is 23.6 Å². The zero-order valence-corrected chi connectivity index (χ0v) is 10.7. The highest BCUT2D eigenvalue weighted by atomic mass is 16.5. The smallest absolute Gasteiger partial charge is 0.165 e.